The van der Waals surface area contributed by atoms with Crippen LogP contribution in [0.5, 0.6) is 5.88 Å². The maximum Gasteiger partial charge on any atom is 0.272 e. The first-order valence-electron chi connectivity index (χ1n) is 7.84. The highest BCUT2D eigenvalue weighted by Gasteiger charge is 2.19. The van der Waals surface area contributed by atoms with Crippen molar-refractivity contribution in [2.45, 2.75) is 26.3 Å². The van der Waals surface area contributed by atoms with Gasteiger partial charge in [-0.25, -0.2) is 4.68 Å². The lowest BCUT2D eigenvalue weighted by molar-refractivity contribution is -0.137. The number of rotatable bonds is 6. The van der Waals surface area contributed by atoms with Gasteiger partial charge in [0.1, 0.15) is 0 Å². The minimum Gasteiger partial charge on any atom is -0.468 e. The molecule has 1 saturated heterocycles. The summed E-state index contributed by atoms with van der Waals surface area (Å²) in [6.07, 6.45) is 0.843. The molecule has 1 N–H and O–H groups in total. The molecule has 0 radical (unpaired) electrons. The Morgan fingerprint density at radius 2 is 2.13 bits per heavy atom. The molecule has 2 heterocycles. The molecule has 0 bridgehead atoms. The molecule has 2 rings (SSSR count). The van der Waals surface area contributed by atoms with Crippen molar-refractivity contribution < 1.29 is 19.1 Å². The Labute approximate surface area is 135 Å². The van der Waals surface area contributed by atoms with Crippen molar-refractivity contribution in [1.82, 2.24) is 20.0 Å². The lowest BCUT2D eigenvalue weighted by Gasteiger charge is -2.26. The number of amides is 2. The van der Waals surface area contributed by atoms with Gasteiger partial charge in [0.2, 0.25) is 5.88 Å². The first-order valence-corrected chi connectivity index (χ1v) is 7.84. The van der Waals surface area contributed by atoms with Crippen molar-refractivity contribution in [2.24, 2.45) is 7.05 Å². The highest BCUT2D eigenvalue weighted by molar-refractivity contribution is 5.92. The maximum absolute atomic E-state index is 12.0. The third kappa shape index (κ3) is 4.69. The van der Waals surface area contributed by atoms with Crippen molar-refractivity contribution in [2.75, 3.05) is 32.9 Å². The van der Waals surface area contributed by atoms with Crippen molar-refractivity contribution in [3.63, 3.8) is 0 Å². The second-order valence-corrected chi connectivity index (χ2v) is 5.56. The van der Waals surface area contributed by atoms with Gasteiger partial charge in [0, 0.05) is 32.2 Å². The Morgan fingerprint density at radius 3 is 2.78 bits per heavy atom. The molecule has 23 heavy (non-hydrogen) atoms. The van der Waals surface area contributed by atoms with E-state index in [1.165, 1.54) is 4.68 Å². The smallest absolute Gasteiger partial charge is 0.272 e. The molecule has 0 saturated carbocycles. The number of hydrogen-bond acceptors (Lipinski definition) is 5. The molecule has 2 amide bonds. The van der Waals surface area contributed by atoms with E-state index in [4.69, 9.17) is 9.47 Å². The highest BCUT2D eigenvalue weighted by atomic mass is 16.5. The molecule has 1 aliphatic heterocycles. The normalized spacial score (nSPS) is 16.0. The van der Waals surface area contributed by atoms with Crippen LogP contribution in [0.2, 0.25) is 0 Å². The number of carbonyl (C=O) groups excluding carboxylic acids is 2. The minimum absolute atomic E-state index is 0.0774. The quantitative estimate of drug-likeness (QED) is 0.807. The van der Waals surface area contributed by atoms with E-state index in [0.29, 0.717) is 32.2 Å². The van der Waals surface area contributed by atoms with E-state index < -0.39 is 0 Å². The fraction of sp³-hybridized carbons (Fsp3) is 0.667. The molecule has 1 aliphatic rings. The Kier molecular flexibility index (Phi) is 5.97. The van der Waals surface area contributed by atoms with Crippen LogP contribution in [-0.4, -0.2) is 65.4 Å². The van der Waals surface area contributed by atoms with E-state index in [0.717, 1.165) is 6.42 Å². The first-order chi connectivity index (χ1) is 11.0. The number of hydrogen-bond donors (Lipinski definition) is 1. The standard InChI is InChI=1S/C15H24N4O4/c1-4-11(2)16-15(21)12-9-14(18(3)17-12)23-10-13(20)19-5-7-22-8-6-19/h9,11H,4-8,10H2,1-3H3,(H,16,21)/t11-/m1/s1. The largest absolute Gasteiger partial charge is 0.468 e. The number of aromatic nitrogens is 2. The van der Waals surface area contributed by atoms with Gasteiger partial charge in [0.25, 0.3) is 11.8 Å². The molecule has 8 nitrogen and oxygen atoms in total. The van der Waals surface area contributed by atoms with Crippen LogP contribution in [0.4, 0.5) is 0 Å². The van der Waals surface area contributed by atoms with Gasteiger partial charge in [-0.1, -0.05) is 6.92 Å². The highest BCUT2D eigenvalue weighted by Crippen LogP contribution is 2.12. The van der Waals surface area contributed by atoms with E-state index in [-0.39, 0.29) is 30.2 Å². The second-order valence-electron chi connectivity index (χ2n) is 5.56. The molecule has 1 atom stereocenters. The van der Waals surface area contributed by atoms with Gasteiger partial charge in [0.15, 0.2) is 12.3 Å². The van der Waals surface area contributed by atoms with Gasteiger partial charge in [-0.15, -0.1) is 0 Å². The van der Waals surface area contributed by atoms with E-state index >= 15 is 0 Å². The number of nitrogens with one attached hydrogen (secondary N) is 1. The lowest BCUT2D eigenvalue weighted by Crippen LogP contribution is -2.43. The van der Waals surface area contributed by atoms with Crippen LogP contribution in [0.25, 0.3) is 0 Å². The molecule has 1 fully saturated rings. The summed E-state index contributed by atoms with van der Waals surface area (Å²) >= 11 is 0. The third-order valence-corrected chi connectivity index (χ3v) is 3.77. The van der Waals surface area contributed by atoms with Crippen LogP contribution < -0.4 is 10.1 Å². The molecule has 0 aromatic carbocycles. The van der Waals surface area contributed by atoms with Gasteiger partial charge in [0.05, 0.1) is 13.2 Å². The first kappa shape index (κ1) is 17.3. The summed E-state index contributed by atoms with van der Waals surface area (Å²) in [5, 5.41) is 6.97. The molecule has 0 spiro atoms. The van der Waals surface area contributed by atoms with Gasteiger partial charge in [-0.2, -0.15) is 5.10 Å². The maximum atomic E-state index is 12.0. The number of aryl methyl sites for hydroxylation is 1. The Morgan fingerprint density at radius 1 is 1.43 bits per heavy atom. The predicted octanol–water partition coefficient (Wildman–Crippen LogP) is 0.186. The average Bonchev–Trinajstić information content (AvgIpc) is 2.94. The Hall–Kier alpha value is -2.09. The van der Waals surface area contributed by atoms with Crippen molar-refractivity contribution in [3.8, 4) is 5.88 Å². The number of morpholine rings is 1. The van der Waals surface area contributed by atoms with Crippen LogP contribution in [-0.2, 0) is 16.6 Å². The topological polar surface area (TPSA) is 85.7 Å². The summed E-state index contributed by atoms with van der Waals surface area (Å²) in [6.45, 7) is 6.11. The monoisotopic (exact) mass is 324 g/mol. The van der Waals surface area contributed by atoms with Gasteiger partial charge < -0.3 is 19.7 Å². The molecular weight excluding hydrogens is 300 g/mol. The summed E-state index contributed by atoms with van der Waals surface area (Å²) in [5.41, 5.74) is 0.279. The Balaban J connectivity index is 1.90. The van der Waals surface area contributed by atoms with Crippen molar-refractivity contribution in [3.05, 3.63) is 11.8 Å². The van der Waals surface area contributed by atoms with Crippen LogP contribution >= 0.6 is 0 Å². The molecule has 128 valence electrons. The van der Waals surface area contributed by atoms with Crippen molar-refractivity contribution in [1.29, 1.82) is 0 Å². The summed E-state index contributed by atoms with van der Waals surface area (Å²) < 4.78 is 12.2. The van der Waals surface area contributed by atoms with Crippen LogP contribution in [0.15, 0.2) is 6.07 Å². The fourth-order valence-electron chi connectivity index (χ4n) is 2.14. The SMILES string of the molecule is CC[C@@H](C)NC(=O)c1cc(OCC(=O)N2CCOCC2)n(C)n1. The summed E-state index contributed by atoms with van der Waals surface area (Å²) in [5.74, 6) is 0.0466. The zero-order chi connectivity index (χ0) is 16.8. The zero-order valence-electron chi connectivity index (χ0n) is 13.9. The van der Waals surface area contributed by atoms with Crippen LogP contribution in [0.1, 0.15) is 30.8 Å². The minimum atomic E-state index is -0.246. The second kappa shape index (κ2) is 7.96. The molecule has 8 heteroatoms. The average molecular weight is 324 g/mol. The molecular formula is C15H24N4O4. The van der Waals surface area contributed by atoms with E-state index in [1.54, 1.807) is 18.0 Å². The Bertz CT molecular complexity index is 552. The van der Waals surface area contributed by atoms with Crippen LogP contribution in [0, 0.1) is 0 Å². The van der Waals surface area contributed by atoms with E-state index in [9.17, 15) is 9.59 Å². The summed E-state index contributed by atoms with van der Waals surface area (Å²) in [6, 6.07) is 1.63. The van der Waals surface area contributed by atoms with Crippen LogP contribution in [0.3, 0.4) is 0 Å². The zero-order valence-corrected chi connectivity index (χ0v) is 13.9. The summed E-state index contributed by atoms with van der Waals surface area (Å²) in [4.78, 5) is 25.8. The number of ether oxygens (including phenoxy) is 2. The van der Waals surface area contributed by atoms with E-state index in [1.807, 2.05) is 13.8 Å². The van der Waals surface area contributed by atoms with Gasteiger partial charge in [-0.05, 0) is 13.3 Å². The molecule has 1 aromatic rings. The fourth-order valence-corrected chi connectivity index (χ4v) is 2.14. The summed E-state index contributed by atoms with van der Waals surface area (Å²) in [7, 11) is 1.68. The van der Waals surface area contributed by atoms with E-state index in [2.05, 4.69) is 10.4 Å². The molecule has 1 aromatic heterocycles. The lowest BCUT2D eigenvalue weighted by atomic mass is 10.2. The number of carbonyl (C=O) groups is 2. The molecule has 0 unspecified atom stereocenters. The molecule has 0 aliphatic carbocycles. The van der Waals surface area contributed by atoms with Gasteiger partial charge >= 0.3 is 0 Å². The number of nitrogens with zero attached hydrogens (tertiary/aromatic N) is 3. The predicted molar refractivity (Wildman–Crippen MR) is 83.3 cm³/mol. The van der Waals surface area contributed by atoms with Gasteiger partial charge in [-0.3, -0.25) is 9.59 Å². The van der Waals surface area contributed by atoms with Crippen molar-refractivity contribution >= 4 is 11.8 Å². The third-order valence-electron chi connectivity index (χ3n) is 3.77.